The number of aryl methyl sites for hydroxylation is 1. The number of morpholine rings is 1. The van der Waals surface area contributed by atoms with Crippen molar-refractivity contribution in [2.75, 3.05) is 32.1 Å². The molecular weight excluding hydrogens is 535 g/mol. The minimum absolute atomic E-state index is 0. The van der Waals surface area contributed by atoms with Crippen LogP contribution in [0.5, 0.6) is 0 Å². The number of amides is 1. The Morgan fingerprint density at radius 2 is 2.18 bits per heavy atom. The number of rotatable bonds is 6. The molecule has 1 saturated heterocycles. The Labute approximate surface area is 210 Å². The Balaban J connectivity index is 0.00000306. The first-order valence-corrected chi connectivity index (χ1v) is 10.5. The number of nitrogens with one attached hydrogen (secondary N) is 2. The second kappa shape index (κ2) is 11.8. The van der Waals surface area contributed by atoms with Crippen molar-refractivity contribution in [1.82, 2.24) is 29.8 Å². The molecule has 0 spiro atoms. The van der Waals surface area contributed by atoms with Crippen LogP contribution in [0.2, 0.25) is 0 Å². The fourth-order valence-electron chi connectivity index (χ4n) is 3.66. The van der Waals surface area contributed by atoms with Crippen LogP contribution in [0.3, 0.4) is 0 Å². The van der Waals surface area contributed by atoms with Crippen LogP contribution in [-0.4, -0.2) is 63.1 Å². The Hall–Kier alpha value is -2.93. The summed E-state index contributed by atoms with van der Waals surface area (Å²) in [5.41, 5.74) is 2.85. The first-order valence-electron chi connectivity index (χ1n) is 10.5. The molecule has 1 amide bonds. The first-order chi connectivity index (χ1) is 15.6. The van der Waals surface area contributed by atoms with E-state index < -0.39 is 0 Å². The normalized spacial score (nSPS) is 16.2. The van der Waals surface area contributed by atoms with Crippen LogP contribution in [0.1, 0.15) is 17.2 Å². The van der Waals surface area contributed by atoms with Crippen molar-refractivity contribution in [3.63, 3.8) is 0 Å². The molecule has 1 aliphatic rings. The smallest absolute Gasteiger partial charge is 0.246 e. The SMILES string of the molecule is CN=C(NCc1cccc(NC(=O)Cn2cccn2)c1)N1CCOC(c2cnn(C)c2)C1.I. The van der Waals surface area contributed by atoms with Gasteiger partial charge in [0.15, 0.2) is 5.96 Å². The van der Waals surface area contributed by atoms with Gasteiger partial charge >= 0.3 is 0 Å². The Morgan fingerprint density at radius 3 is 2.91 bits per heavy atom. The lowest BCUT2D eigenvalue weighted by Crippen LogP contribution is -2.47. The number of guanidine groups is 1. The highest BCUT2D eigenvalue weighted by Gasteiger charge is 2.25. The molecule has 1 aromatic carbocycles. The van der Waals surface area contributed by atoms with E-state index in [1.807, 2.05) is 43.7 Å². The molecule has 10 nitrogen and oxygen atoms in total. The molecule has 0 bridgehead atoms. The van der Waals surface area contributed by atoms with Gasteiger partial charge in [-0.3, -0.25) is 19.2 Å². The van der Waals surface area contributed by atoms with Gasteiger partial charge in [0.1, 0.15) is 12.6 Å². The van der Waals surface area contributed by atoms with Crippen molar-refractivity contribution in [1.29, 1.82) is 0 Å². The van der Waals surface area contributed by atoms with Crippen LogP contribution in [0.25, 0.3) is 0 Å². The second-order valence-electron chi connectivity index (χ2n) is 7.61. The molecule has 1 atom stereocenters. The molecule has 11 heteroatoms. The average Bonchev–Trinajstić information content (AvgIpc) is 3.46. The van der Waals surface area contributed by atoms with Crippen LogP contribution in [0, 0.1) is 0 Å². The van der Waals surface area contributed by atoms with Crippen molar-refractivity contribution < 1.29 is 9.53 Å². The molecule has 0 saturated carbocycles. The number of carbonyl (C=O) groups excluding carboxylic acids is 1. The van der Waals surface area contributed by atoms with Gasteiger partial charge in [-0.1, -0.05) is 12.1 Å². The summed E-state index contributed by atoms with van der Waals surface area (Å²) in [4.78, 5) is 18.9. The van der Waals surface area contributed by atoms with Gasteiger partial charge < -0.3 is 20.3 Å². The van der Waals surface area contributed by atoms with Crippen LogP contribution in [0.4, 0.5) is 5.69 Å². The maximum Gasteiger partial charge on any atom is 0.246 e. The predicted molar refractivity (Wildman–Crippen MR) is 136 cm³/mol. The summed E-state index contributed by atoms with van der Waals surface area (Å²) < 4.78 is 9.30. The Kier molecular flexibility index (Phi) is 8.83. The maximum absolute atomic E-state index is 12.2. The summed E-state index contributed by atoms with van der Waals surface area (Å²) in [5.74, 6) is 0.694. The summed E-state index contributed by atoms with van der Waals surface area (Å²) in [6.45, 7) is 2.86. The Morgan fingerprint density at radius 1 is 1.30 bits per heavy atom. The van der Waals surface area contributed by atoms with E-state index in [1.54, 1.807) is 34.9 Å². The number of carbonyl (C=O) groups is 1. The summed E-state index contributed by atoms with van der Waals surface area (Å²) in [5, 5.41) is 14.6. The summed E-state index contributed by atoms with van der Waals surface area (Å²) in [6, 6.07) is 9.57. The van der Waals surface area contributed by atoms with Gasteiger partial charge in [0, 0.05) is 57.0 Å². The molecule has 0 radical (unpaired) electrons. The molecular formula is C22H29IN8O2. The van der Waals surface area contributed by atoms with Crippen LogP contribution in [0.15, 0.2) is 60.1 Å². The first kappa shape index (κ1) is 24.7. The largest absolute Gasteiger partial charge is 0.370 e. The number of hydrogen-bond acceptors (Lipinski definition) is 5. The van der Waals surface area contributed by atoms with Crippen LogP contribution >= 0.6 is 24.0 Å². The third-order valence-corrected chi connectivity index (χ3v) is 5.20. The molecule has 2 aromatic heterocycles. The maximum atomic E-state index is 12.2. The molecule has 1 aliphatic heterocycles. The van der Waals surface area contributed by atoms with Crippen LogP contribution < -0.4 is 10.6 Å². The molecule has 176 valence electrons. The quantitative estimate of drug-likeness (QED) is 0.270. The van der Waals surface area contributed by atoms with Gasteiger partial charge in [-0.25, -0.2) is 0 Å². The van der Waals surface area contributed by atoms with E-state index in [0.717, 1.165) is 29.3 Å². The third-order valence-electron chi connectivity index (χ3n) is 5.20. The van der Waals surface area contributed by atoms with Gasteiger partial charge in [-0.15, -0.1) is 24.0 Å². The number of hydrogen-bond donors (Lipinski definition) is 2. The number of halogens is 1. The van der Waals surface area contributed by atoms with Gasteiger partial charge in [0.25, 0.3) is 0 Å². The van der Waals surface area contributed by atoms with Crippen molar-refractivity contribution >= 4 is 41.5 Å². The second-order valence-corrected chi connectivity index (χ2v) is 7.61. The van der Waals surface area contributed by atoms with E-state index in [0.29, 0.717) is 19.7 Å². The summed E-state index contributed by atoms with van der Waals surface area (Å²) >= 11 is 0. The van der Waals surface area contributed by atoms with E-state index in [9.17, 15) is 4.79 Å². The van der Waals surface area contributed by atoms with E-state index in [-0.39, 0.29) is 42.5 Å². The molecule has 1 unspecified atom stereocenters. The standard InChI is InChI=1S/C22H28N8O2.HI/c1-23-22(29-9-10-32-20(15-29)18-13-26-28(2)14-18)24-12-17-5-3-6-19(11-17)27-21(31)16-30-8-4-7-25-30;/h3-8,11,13-14,20H,9-10,12,15-16H2,1-2H3,(H,23,24)(H,27,31);1H. The van der Waals surface area contributed by atoms with E-state index in [2.05, 4.69) is 30.7 Å². The number of benzene rings is 1. The lowest BCUT2D eigenvalue weighted by Gasteiger charge is -2.34. The van der Waals surface area contributed by atoms with Gasteiger partial charge in [-0.05, 0) is 23.8 Å². The van der Waals surface area contributed by atoms with Crippen molar-refractivity contribution in [3.8, 4) is 0 Å². The monoisotopic (exact) mass is 564 g/mol. The molecule has 1 fully saturated rings. The lowest BCUT2D eigenvalue weighted by atomic mass is 10.1. The number of ether oxygens (including phenoxy) is 1. The highest BCUT2D eigenvalue weighted by atomic mass is 127. The van der Waals surface area contributed by atoms with E-state index in [1.165, 1.54) is 0 Å². The summed E-state index contributed by atoms with van der Waals surface area (Å²) in [7, 11) is 3.68. The zero-order chi connectivity index (χ0) is 22.3. The van der Waals surface area contributed by atoms with Crippen molar-refractivity contribution in [2.45, 2.75) is 19.2 Å². The van der Waals surface area contributed by atoms with E-state index >= 15 is 0 Å². The molecule has 4 rings (SSSR count). The number of aromatic nitrogens is 4. The van der Waals surface area contributed by atoms with Gasteiger partial charge in [0.05, 0.1) is 19.3 Å². The van der Waals surface area contributed by atoms with Crippen LogP contribution in [-0.2, 0) is 29.7 Å². The highest BCUT2D eigenvalue weighted by molar-refractivity contribution is 14.0. The molecule has 2 N–H and O–H groups in total. The molecule has 33 heavy (non-hydrogen) atoms. The fraction of sp³-hybridized carbons (Fsp3) is 0.364. The highest BCUT2D eigenvalue weighted by Crippen LogP contribution is 2.21. The topological polar surface area (TPSA) is 102 Å². The minimum Gasteiger partial charge on any atom is -0.370 e. The molecule has 3 aromatic rings. The van der Waals surface area contributed by atoms with Crippen molar-refractivity contribution in [3.05, 3.63) is 66.2 Å². The zero-order valence-corrected chi connectivity index (χ0v) is 21.0. The van der Waals surface area contributed by atoms with Crippen molar-refractivity contribution in [2.24, 2.45) is 12.0 Å². The number of aliphatic imine (C=N–C) groups is 1. The summed E-state index contributed by atoms with van der Waals surface area (Å²) in [6.07, 6.45) is 7.20. The lowest BCUT2D eigenvalue weighted by molar-refractivity contribution is -0.116. The van der Waals surface area contributed by atoms with Gasteiger partial charge in [-0.2, -0.15) is 10.2 Å². The number of nitrogens with zero attached hydrogens (tertiary/aromatic N) is 6. The van der Waals surface area contributed by atoms with E-state index in [4.69, 9.17) is 4.74 Å². The third kappa shape index (κ3) is 6.78. The molecule has 0 aliphatic carbocycles. The zero-order valence-electron chi connectivity index (χ0n) is 18.7. The van der Waals surface area contributed by atoms with Gasteiger partial charge in [0.2, 0.25) is 5.91 Å². The Bertz CT molecular complexity index is 1070. The minimum atomic E-state index is -0.121. The number of anilines is 1. The average molecular weight is 564 g/mol. The fourth-order valence-corrected chi connectivity index (χ4v) is 3.66. The predicted octanol–water partition coefficient (Wildman–Crippen LogP) is 2.02. The molecule has 3 heterocycles.